The number of carbonyl (C=O) groups excluding carboxylic acids is 1. The van der Waals surface area contributed by atoms with E-state index in [0.717, 1.165) is 21.7 Å². The highest BCUT2D eigenvalue weighted by Crippen LogP contribution is 2.34. The molecule has 0 aliphatic carbocycles. The first-order chi connectivity index (χ1) is 13.2. The van der Waals surface area contributed by atoms with Gasteiger partial charge in [-0.25, -0.2) is 8.42 Å². The first kappa shape index (κ1) is 22.0. The number of benzene rings is 2. The lowest BCUT2D eigenvalue weighted by molar-refractivity contribution is -0.122. The quantitative estimate of drug-likeness (QED) is 0.703. The summed E-state index contributed by atoms with van der Waals surface area (Å²) in [6, 6.07) is 11.5. The number of hydrogen-bond donors (Lipinski definition) is 1. The van der Waals surface area contributed by atoms with Crippen molar-refractivity contribution in [3.8, 4) is 5.75 Å². The van der Waals surface area contributed by atoms with Crippen LogP contribution in [0.5, 0.6) is 5.75 Å². The van der Waals surface area contributed by atoms with Gasteiger partial charge in [0.05, 0.1) is 19.1 Å². The van der Waals surface area contributed by atoms with Crippen molar-refractivity contribution in [3.63, 3.8) is 0 Å². The van der Waals surface area contributed by atoms with Crippen LogP contribution in [0.1, 0.15) is 24.5 Å². The molecule has 0 aliphatic rings. The molecule has 0 aromatic heterocycles. The van der Waals surface area contributed by atoms with Gasteiger partial charge in [-0.05, 0) is 37.1 Å². The van der Waals surface area contributed by atoms with Crippen LogP contribution >= 0.6 is 11.6 Å². The second kappa shape index (κ2) is 9.30. The molecular weight excluding hydrogens is 400 g/mol. The Balaban J connectivity index is 2.35. The van der Waals surface area contributed by atoms with Crippen LogP contribution < -0.4 is 14.4 Å². The van der Waals surface area contributed by atoms with Crippen molar-refractivity contribution in [2.75, 3.05) is 17.7 Å². The number of rotatable bonds is 8. The third kappa shape index (κ3) is 5.39. The number of hydrogen-bond acceptors (Lipinski definition) is 4. The standard InChI is InChI=1S/C20H25ClN2O4S/c1-5-17(20(24)22-13-15-8-6-7-14(2)11-15)23(28(4,25)26)18-12-16(21)9-10-19(18)27-3/h6-12,17H,5,13H2,1-4H3,(H,22,24)/t17-/m0/s1. The maximum absolute atomic E-state index is 12.9. The molecular formula is C20H25ClN2O4S. The topological polar surface area (TPSA) is 75.7 Å². The summed E-state index contributed by atoms with van der Waals surface area (Å²) < 4.78 is 31.5. The zero-order valence-electron chi connectivity index (χ0n) is 16.4. The van der Waals surface area contributed by atoms with Crippen LogP contribution in [0.15, 0.2) is 42.5 Å². The molecule has 0 saturated heterocycles. The van der Waals surface area contributed by atoms with E-state index in [4.69, 9.17) is 16.3 Å². The summed E-state index contributed by atoms with van der Waals surface area (Å²) in [5, 5.41) is 3.18. The van der Waals surface area contributed by atoms with Crippen LogP contribution in [0.2, 0.25) is 5.02 Å². The number of amides is 1. The van der Waals surface area contributed by atoms with E-state index in [1.807, 2.05) is 31.2 Å². The van der Waals surface area contributed by atoms with Crippen molar-refractivity contribution in [1.29, 1.82) is 0 Å². The molecule has 1 atom stereocenters. The van der Waals surface area contributed by atoms with E-state index in [2.05, 4.69) is 5.32 Å². The van der Waals surface area contributed by atoms with Gasteiger partial charge in [0.2, 0.25) is 15.9 Å². The number of methoxy groups -OCH3 is 1. The number of ether oxygens (including phenoxy) is 1. The molecule has 8 heteroatoms. The summed E-state index contributed by atoms with van der Waals surface area (Å²) in [6.45, 7) is 4.03. The van der Waals surface area contributed by atoms with Crippen molar-refractivity contribution in [2.24, 2.45) is 0 Å². The summed E-state index contributed by atoms with van der Waals surface area (Å²) in [6.07, 6.45) is 1.34. The third-order valence-corrected chi connectivity index (χ3v) is 5.66. The maximum atomic E-state index is 12.9. The molecule has 6 nitrogen and oxygen atoms in total. The van der Waals surface area contributed by atoms with Gasteiger partial charge in [-0.3, -0.25) is 9.10 Å². The third-order valence-electron chi connectivity index (χ3n) is 4.26. The number of carbonyl (C=O) groups is 1. The molecule has 2 rings (SSSR count). The number of aryl methyl sites for hydroxylation is 1. The van der Waals surface area contributed by atoms with Gasteiger partial charge in [0, 0.05) is 11.6 Å². The fourth-order valence-electron chi connectivity index (χ4n) is 3.00. The average molecular weight is 425 g/mol. The molecule has 1 amide bonds. The number of nitrogens with zero attached hydrogens (tertiary/aromatic N) is 1. The number of sulfonamides is 1. The normalized spacial score (nSPS) is 12.3. The van der Waals surface area contributed by atoms with E-state index >= 15 is 0 Å². The molecule has 2 aromatic rings. The number of halogens is 1. The van der Waals surface area contributed by atoms with Crippen LogP contribution in [-0.4, -0.2) is 33.7 Å². The summed E-state index contributed by atoms with van der Waals surface area (Å²) in [7, 11) is -2.34. The summed E-state index contributed by atoms with van der Waals surface area (Å²) in [5.41, 5.74) is 2.25. The Hall–Kier alpha value is -2.25. The van der Waals surface area contributed by atoms with Crippen molar-refractivity contribution >= 4 is 33.2 Å². The van der Waals surface area contributed by atoms with Gasteiger partial charge in [-0.2, -0.15) is 0 Å². The van der Waals surface area contributed by atoms with E-state index in [-0.39, 0.29) is 12.1 Å². The Morgan fingerprint density at radius 2 is 1.96 bits per heavy atom. The Morgan fingerprint density at radius 3 is 2.54 bits per heavy atom. The number of anilines is 1. The minimum Gasteiger partial charge on any atom is -0.495 e. The molecule has 0 saturated carbocycles. The van der Waals surface area contributed by atoms with E-state index in [1.54, 1.807) is 19.1 Å². The fraction of sp³-hybridized carbons (Fsp3) is 0.350. The van der Waals surface area contributed by atoms with Gasteiger partial charge in [-0.1, -0.05) is 48.4 Å². The largest absolute Gasteiger partial charge is 0.495 e. The molecule has 28 heavy (non-hydrogen) atoms. The van der Waals surface area contributed by atoms with Gasteiger partial charge in [0.25, 0.3) is 0 Å². The first-order valence-electron chi connectivity index (χ1n) is 8.83. The smallest absolute Gasteiger partial charge is 0.244 e. The zero-order chi connectivity index (χ0) is 20.9. The molecule has 0 aliphatic heterocycles. The SMILES string of the molecule is CC[C@@H](C(=O)NCc1cccc(C)c1)N(c1cc(Cl)ccc1OC)S(C)(=O)=O. The highest BCUT2D eigenvalue weighted by molar-refractivity contribution is 7.92. The average Bonchev–Trinajstić information content (AvgIpc) is 2.63. The minimum atomic E-state index is -3.78. The van der Waals surface area contributed by atoms with Crippen molar-refractivity contribution in [1.82, 2.24) is 5.32 Å². The van der Waals surface area contributed by atoms with E-state index in [1.165, 1.54) is 13.2 Å². The molecule has 0 spiro atoms. The molecule has 0 bridgehead atoms. The zero-order valence-corrected chi connectivity index (χ0v) is 18.0. The van der Waals surface area contributed by atoms with Crippen molar-refractivity contribution in [2.45, 2.75) is 32.9 Å². The van der Waals surface area contributed by atoms with Gasteiger partial charge < -0.3 is 10.1 Å². The molecule has 0 heterocycles. The van der Waals surface area contributed by atoms with Crippen LogP contribution in [0, 0.1) is 6.92 Å². The summed E-state index contributed by atoms with van der Waals surface area (Å²) in [5.74, 6) is -0.0729. The van der Waals surface area contributed by atoms with Gasteiger partial charge in [0.1, 0.15) is 11.8 Å². The summed E-state index contributed by atoms with van der Waals surface area (Å²) >= 11 is 6.07. The van der Waals surface area contributed by atoms with Crippen LogP contribution in [0.3, 0.4) is 0 Å². The Morgan fingerprint density at radius 1 is 1.25 bits per heavy atom. The van der Waals surface area contributed by atoms with Crippen molar-refractivity contribution < 1.29 is 17.9 Å². The maximum Gasteiger partial charge on any atom is 0.244 e. The van der Waals surface area contributed by atoms with Crippen LogP contribution in [0.25, 0.3) is 0 Å². The molecule has 0 radical (unpaired) electrons. The lowest BCUT2D eigenvalue weighted by atomic mass is 10.1. The lowest BCUT2D eigenvalue weighted by Gasteiger charge is -2.31. The van der Waals surface area contributed by atoms with Crippen molar-refractivity contribution in [3.05, 3.63) is 58.6 Å². The predicted octanol–water partition coefficient (Wildman–Crippen LogP) is 3.52. The van der Waals surface area contributed by atoms with E-state index in [0.29, 0.717) is 17.3 Å². The Kier molecular flexibility index (Phi) is 7.32. The predicted molar refractivity (Wildman–Crippen MR) is 112 cm³/mol. The van der Waals surface area contributed by atoms with Crippen LogP contribution in [-0.2, 0) is 21.4 Å². The molecule has 0 fully saturated rings. The second-order valence-corrected chi connectivity index (χ2v) is 8.80. The fourth-order valence-corrected chi connectivity index (χ4v) is 4.37. The van der Waals surface area contributed by atoms with Gasteiger partial charge in [0.15, 0.2) is 0 Å². The monoisotopic (exact) mass is 424 g/mol. The lowest BCUT2D eigenvalue weighted by Crippen LogP contribution is -2.49. The van der Waals surface area contributed by atoms with E-state index in [9.17, 15) is 13.2 Å². The molecule has 152 valence electrons. The van der Waals surface area contributed by atoms with E-state index < -0.39 is 22.0 Å². The second-order valence-electron chi connectivity index (χ2n) is 6.51. The van der Waals surface area contributed by atoms with Gasteiger partial charge in [-0.15, -0.1) is 0 Å². The number of nitrogens with one attached hydrogen (secondary N) is 1. The summed E-state index contributed by atoms with van der Waals surface area (Å²) in [4.78, 5) is 12.9. The highest BCUT2D eigenvalue weighted by atomic mass is 35.5. The molecule has 1 N–H and O–H groups in total. The van der Waals surface area contributed by atoms with Gasteiger partial charge >= 0.3 is 0 Å². The molecule has 0 unspecified atom stereocenters. The Labute approximate surface area is 171 Å². The van der Waals surface area contributed by atoms with Crippen LogP contribution in [0.4, 0.5) is 5.69 Å². The minimum absolute atomic E-state index is 0.232. The Bertz CT molecular complexity index is 947. The molecule has 2 aromatic carbocycles. The first-order valence-corrected chi connectivity index (χ1v) is 11.1. The highest BCUT2D eigenvalue weighted by Gasteiger charge is 2.33.